The van der Waals surface area contributed by atoms with Crippen LogP contribution in [0.5, 0.6) is 0 Å². The molecule has 222 valence electrons. The van der Waals surface area contributed by atoms with Gasteiger partial charge in [0, 0.05) is 42.4 Å². The van der Waals surface area contributed by atoms with Crippen LogP contribution >= 0.6 is 12.6 Å². The predicted molar refractivity (Wildman–Crippen MR) is 167 cm³/mol. The quantitative estimate of drug-likeness (QED) is 0.156. The number of hydrogen-bond donors (Lipinski definition) is 5. The van der Waals surface area contributed by atoms with E-state index in [0.29, 0.717) is 11.7 Å². The molecule has 2 aliphatic rings. The first kappa shape index (κ1) is 29.8. The van der Waals surface area contributed by atoms with E-state index in [0.717, 1.165) is 41.3 Å². The van der Waals surface area contributed by atoms with Crippen LogP contribution in [-0.2, 0) is 20.7 Å². The second kappa shape index (κ2) is 13.1. The summed E-state index contributed by atoms with van der Waals surface area (Å²) in [6.07, 6.45) is 6.61. The van der Waals surface area contributed by atoms with Crippen LogP contribution in [0.25, 0.3) is 10.9 Å². The lowest BCUT2D eigenvalue weighted by Gasteiger charge is -2.31. The molecule has 1 saturated carbocycles. The zero-order valence-electron chi connectivity index (χ0n) is 24.2. The van der Waals surface area contributed by atoms with Crippen molar-refractivity contribution < 1.29 is 19.1 Å². The number of amides is 3. The molecular formula is C33H40N4O4S. The molecule has 1 aromatic heterocycles. The Labute approximate surface area is 252 Å². The Balaban J connectivity index is 1.34. The van der Waals surface area contributed by atoms with Crippen molar-refractivity contribution >= 4 is 41.4 Å². The summed E-state index contributed by atoms with van der Waals surface area (Å²) in [6.45, 7) is 4.10. The number of fused-ring (bicyclic) bond motifs is 3. The van der Waals surface area contributed by atoms with E-state index in [4.69, 9.17) is 4.74 Å². The fraction of sp³-hybridized carbons (Fsp3) is 0.424. The number of thiol groups is 1. The van der Waals surface area contributed by atoms with Crippen LogP contribution in [-0.4, -0.2) is 46.8 Å². The summed E-state index contributed by atoms with van der Waals surface area (Å²) < 4.78 is 5.92. The maximum absolute atomic E-state index is 13.9. The molecule has 42 heavy (non-hydrogen) atoms. The maximum Gasteiger partial charge on any atom is 0.408 e. The summed E-state index contributed by atoms with van der Waals surface area (Å²) in [4.78, 5) is 43.0. The van der Waals surface area contributed by atoms with Crippen molar-refractivity contribution in [2.24, 2.45) is 11.8 Å². The molecule has 9 heteroatoms. The predicted octanol–water partition coefficient (Wildman–Crippen LogP) is 5.23. The molecule has 5 atom stereocenters. The number of aromatic nitrogens is 1. The second-order valence-corrected chi connectivity index (χ2v) is 12.4. The van der Waals surface area contributed by atoms with Gasteiger partial charge in [0.1, 0.15) is 11.6 Å². The summed E-state index contributed by atoms with van der Waals surface area (Å²) in [5.41, 5.74) is 2.74. The van der Waals surface area contributed by atoms with Gasteiger partial charge in [0.25, 0.3) is 0 Å². The number of alkyl carbamates (subject to hydrolysis) is 1. The van der Waals surface area contributed by atoms with Crippen LogP contribution < -0.4 is 16.0 Å². The smallest absolute Gasteiger partial charge is 0.408 e. The number of nitrogens with one attached hydrogen (secondary N) is 4. The maximum atomic E-state index is 13.9. The number of rotatable bonds is 11. The summed E-state index contributed by atoms with van der Waals surface area (Å²) in [5.74, 6) is 0.769. The van der Waals surface area contributed by atoms with Gasteiger partial charge in [0.15, 0.2) is 0 Å². The van der Waals surface area contributed by atoms with Crippen molar-refractivity contribution in [3.63, 3.8) is 0 Å². The van der Waals surface area contributed by atoms with Crippen LogP contribution in [0.15, 0.2) is 72.4 Å². The molecule has 3 unspecified atom stereocenters. The molecule has 0 aliphatic heterocycles. The first-order valence-corrected chi connectivity index (χ1v) is 15.3. The van der Waals surface area contributed by atoms with E-state index >= 15 is 0 Å². The van der Waals surface area contributed by atoms with Crippen LogP contribution in [0.1, 0.15) is 56.7 Å². The van der Waals surface area contributed by atoms with Gasteiger partial charge >= 0.3 is 6.09 Å². The number of hydrogen-bond acceptors (Lipinski definition) is 5. The number of carbonyl (C=O) groups excluding carboxylic acids is 3. The number of benzene rings is 2. The lowest BCUT2D eigenvalue weighted by atomic mass is 9.83. The standard InChI is InChI=1S/C33H40N4O4S/c1-21-14-22-16-24(15-21)29(17-22)41-32(40)37-33(2,18-25-19-34-27-11-7-6-10-26(25)27)31(39)35-20-28(36-30(38)12-13-42)23-8-4-3-5-9-23/h3-11,17,19,21,24,28-29,34,42H,12-16,18,20H2,1-2H3,(H,35,39)(H,36,38)(H,37,40)/t21?,24?,28-,29?,33+/m1/s1. The molecule has 2 aromatic carbocycles. The number of aromatic amines is 1. The number of carbonyl (C=O) groups is 3. The highest BCUT2D eigenvalue weighted by Gasteiger charge is 2.40. The van der Waals surface area contributed by atoms with E-state index < -0.39 is 17.7 Å². The van der Waals surface area contributed by atoms with Gasteiger partial charge in [-0.05, 0) is 61.1 Å². The van der Waals surface area contributed by atoms with E-state index in [9.17, 15) is 14.4 Å². The average Bonchev–Trinajstić information content (AvgIpc) is 3.50. The first-order valence-electron chi connectivity index (χ1n) is 14.7. The Morgan fingerprint density at radius 3 is 2.64 bits per heavy atom. The molecule has 0 spiro atoms. The van der Waals surface area contributed by atoms with Gasteiger partial charge in [-0.25, -0.2) is 4.79 Å². The molecule has 2 aliphatic carbocycles. The Bertz CT molecular complexity index is 1450. The fourth-order valence-electron chi connectivity index (χ4n) is 6.35. The first-order chi connectivity index (χ1) is 20.2. The lowest BCUT2D eigenvalue weighted by Crippen LogP contribution is -2.59. The normalized spacial score (nSPS) is 21.6. The molecule has 8 nitrogen and oxygen atoms in total. The van der Waals surface area contributed by atoms with Gasteiger partial charge in [-0.2, -0.15) is 12.6 Å². The fourth-order valence-corrected chi connectivity index (χ4v) is 6.55. The monoisotopic (exact) mass is 588 g/mol. The Morgan fingerprint density at radius 1 is 1.10 bits per heavy atom. The highest BCUT2D eigenvalue weighted by atomic mass is 32.1. The molecular weight excluding hydrogens is 548 g/mol. The van der Waals surface area contributed by atoms with Crippen molar-refractivity contribution in [1.82, 2.24) is 20.9 Å². The van der Waals surface area contributed by atoms with Crippen LogP contribution in [0.2, 0.25) is 0 Å². The number of para-hydroxylation sites is 1. The van der Waals surface area contributed by atoms with E-state index in [-0.39, 0.29) is 43.2 Å². The van der Waals surface area contributed by atoms with E-state index in [2.05, 4.69) is 46.6 Å². The minimum Gasteiger partial charge on any atom is -0.442 e. The van der Waals surface area contributed by atoms with Crippen molar-refractivity contribution in [1.29, 1.82) is 0 Å². The van der Waals surface area contributed by atoms with Gasteiger partial charge in [-0.3, -0.25) is 9.59 Å². The molecule has 4 N–H and O–H groups in total. The summed E-state index contributed by atoms with van der Waals surface area (Å²) in [6, 6.07) is 16.9. The zero-order valence-corrected chi connectivity index (χ0v) is 25.1. The minimum absolute atomic E-state index is 0.149. The minimum atomic E-state index is -1.33. The Kier molecular flexibility index (Phi) is 9.26. The molecule has 3 amide bonds. The van der Waals surface area contributed by atoms with Crippen LogP contribution in [0, 0.1) is 11.8 Å². The lowest BCUT2D eigenvalue weighted by molar-refractivity contribution is -0.127. The van der Waals surface area contributed by atoms with Gasteiger partial charge in [-0.15, -0.1) is 0 Å². The van der Waals surface area contributed by atoms with Crippen molar-refractivity contribution in [2.45, 2.75) is 63.6 Å². The molecule has 5 rings (SSSR count). The van der Waals surface area contributed by atoms with Gasteiger partial charge in [0.05, 0.1) is 6.04 Å². The molecule has 3 aromatic rings. The number of allylic oxidation sites excluding steroid dienone is 1. The van der Waals surface area contributed by atoms with E-state index in [1.165, 1.54) is 5.57 Å². The Hall–Kier alpha value is -3.72. The van der Waals surface area contributed by atoms with Gasteiger partial charge < -0.3 is 25.7 Å². The highest BCUT2D eigenvalue weighted by molar-refractivity contribution is 7.80. The third-order valence-corrected chi connectivity index (χ3v) is 8.61. The van der Waals surface area contributed by atoms with Crippen LogP contribution in [0.4, 0.5) is 4.79 Å². The topological polar surface area (TPSA) is 112 Å². The highest BCUT2D eigenvalue weighted by Crippen LogP contribution is 2.41. The molecule has 0 saturated heterocycles. The van der Waals surface area contributed by atoms with Crippen molar-refractivity contribution in [3.8, 4) is 0 Å². The summed E-state index contributed by atoms with van der Waals surface area (Å²) in [7, 11) is 0. The number of ether oxygens (including phenoxy) is 1. The summed E-state index contributed by atoms with van der Waals surface area (Å²) in [5, 5.41) is 9.91. The SMILES string of the molecule is CC1CC2=CC(OC(=O)N[C@@](C)(Cc3c[nH]c4ccccc34)C(=O)NC[C@@H](NC(=O)CCS)c3ccccc3)C(C2)C1. The molecule has 1 fully saturated rings. The third-order valence-electron chi connectivity index (χ3n) is 8.39. The molecule has 1 heterocycles. The largest absolute Gasteiger partial charge is 0.442 e. The third kappa shape index (κ3) is 7.01. The zero-order chi connectivity index (χ0) is 29.7. The van der Waals surface area contributed by atoms with E-state index in [1.807, 2.05) is 60.8 Å². The molecule has 2 bridgehead atoms. The number of H-pyrrole nitrogens is 1. The second-order valence-electron chi connectivity index (χ2n) is 11.9. The van der Waals surface area contributed by atoms with Crippen LogP contribution in [0.3, 0.4) is 0 Å². The van der Waals surface area contributed by atoms with Crippen molar-refractivity contribution in [2.75, 3.05) is 12.3 Å². The Morgan fingerprint density at radius 2 is 1.86 bits per heavy atom. The van der Waals surface area contributed by atoms with E-state index in [1.54, 1.807) is 6.92 Å². The van der Waals surface area contributed by atoms with Crippen molar-refractivity contribution in [3.05, 3.63) is 83.6 Å². The van der Waals surface area contributed by atoms with Gasteiger partial charge in [0.2, 0.25) is 11.8 Å². The summed E-state index contributed by atoms with van der Waals surface area (Å²) >= 11 is 4.17. The average molecular weight is 589 g/mol. The molecule has 0 radical (unpaired) electrons. The van der Waals surface area contributed by atoms with Gasteiger partial charge in [-0.1, -0.05) is 61.0 Å².